The van der Waals surface area contributed by atoms with Crippen LogP contribution in [0.3, 0.4) is 0 Å². The monoisotopic (exact) mass is 681 g/mol. The number of para-hydroxylation sites is 2. The van der Waals surface area contributed by atoms with Crippen LogP contribution in [0, 0.1) is 6.92 Å². The van der Waals surface area contributed by atoms with Gasteiger partial charge >= 0.3 is 5.97 Å². The second kappa shape index (κ2) is 13.6. The van der Waals surface area contributed by atoms with Crippen molar-refractivity contribution >= 4 is 65.6 Å². The maximum atomic E-state index is 14.6. The molecule has 0 bridgehead atoms. The first kappa shape index (κ1) is 33.6. The van der Waals surface area contributed by atoms with Crippen LogP contribution in [0.1, 0.15) is 48.0 Å². The third-order valence-electron chi connectivity index (χ3n) is 7.69. The topological polar surface area (TPSA) is 179 Å². The number of amides is 3. The van der Waals surface area contributed by atoms with Gasteiger partial charge in [0, 0.05) is 50.1 Å². The van der Waals surface area contributed by atoms with Gasteiger partial charge in [-0.2, -0.15) is 4.57 Å². The van der Waals surface area contributed by atoms with Gasteiger partial charge in [0.05, 0.1) is 31.3 Å². The van der Waals surface area contributed by atoms with Gasteiger partial charge in [-0.05, 0) is 37.6 Å². The lowest BCUT2D eigenvalue weighted by molar-refractivity contribution is -0.645. The van der Waals surface area contributed by atoms with E-state index in [1.807, 2.05) is 0 Å². The van der Waals surface area contributed by atoms with Crippen LogP contribution in [0.4, 0.5) is 0 Å². The summed E-state index contributed by atoms with van der Waals surface area (Å²) in [5.41, 5.74) is 1.88. The SMILES string of the molecule is Cc1ccc(S(=O)(=O)N(CCCC(=O)ON2C(=O)CCC2=O)C(=O)c2c3ccccc3[n+](CCCS(=O)(=O)[O-])c3ccccc23)cc1. The Balaban J connectivity index is 1.55. The molecule has 3 amide bonds. The maximum Gasteiger partial charge on any atom is 0.333 e. The molecule has 246 valence electrons. The molecule has 1 aromatic heterocycles. The van der Waals surface area contributed by atoms with E-state index in [4.69, 9.17) is 4.84 Å². The van der Waals surface area contributed by atoms with Crippen LogP contribution < -0.4 is 4.57 Å². The number of hydroxylamine groups is 2. The smallest absolute Gasteiger partial charge is 0.333 e. The number of nitrogens with zero attached hydrogens (tertiary/aromatic N) is 3. The number of hydrogen-bond donors (Lipinski definition) is 0. The quantitative estimate of drug-likeness (QED) is 0.0934. The number of imide groups is 1. The molecule has 0 atom stereocenters. The summed E-state index contributed by atoms with van der Waals surface area (Å²) in [5, 5.41) is 1.17. The van der Waals surface area contributed by atoms with E-state index in [1.54, 1.807) is 72.2 Å². The number of rotatable bonds is 12. The van der Waals surface area contributed by atoms with Gasteiger partial charge in [-0.3, -0.25) is 14.4 Å². The number of sulfonamides is 1. The van der Waals surface area contributed by atoms with Crippen LogP contribution in [-0.2, 0) is 45.9 Å². The van der Waals surface area contributed by atoms with Crippen LogP contribution in [0.15, 0.2) is 77.7 Å². The zero-order valence-electron chi connectivity index (χ0n) is 25.3. The van der Waals surface area contributed by atoms with E-state index in [-0.39, 0.29) is 42.7 Å². The highest BCUT2D eigenvalue weighted by atomic mass is 32.2. The second-order valence-electron chi connectivity index (χ2n) is 11.0. The highest BCUT2D eigenvalue weighted by Gasteiger charge is 2.35. The minimum Gasteiger partial charge on any atom is -0.748 e. The molecule has 5 rings (SSSR count). The van der Waals surface area contributed by atoms with E-state index >= 15 is 0 Å². The van der Waals surface area contributed by atoms with Crippen LogP contribution in [-0.4, -0.2) is 66.7 Å². The number of fused-ring (bicyclic) bond motifs is 2. The summed E-state index contributed by atoms with van der Waals surface area (Å²) in [5.74, 6) is -3.71. The van der Waals surface area contributed by atoms with Gasteiger partial charge in [0.2, 0.25) is 11.0 Å². The molecule has 13 nitrogen and oxygen atoms in total. The third-order valence-corrected chi connectivity index (χ3v) is 10.3. The number of pyridine rings is 1. The van der Waals surface area contributed by atoms with Crippen molar-refractivity contribution in [1.82, 2.24) is 9.37 Å². The van der Waals surface area contributed by atoms with Gasteiger partial charge in [0.1, 0.15) is 0 Å². The predicted molar refractivity (Wildman–Crippen MR) is 167 cm³/mol. The second-order valence-corrected chi connectivity index (χ2v) is 14.4. The minimum absolute atomic E-state index is 0.0103. The van der Waals surface area contributed by atoms with Crippen molar-refractivity contribution in [3.8, 4) is 0 Å². The fourth-order valence-corrected chi connectivity index (χ4v) is 7.35. The molecule has 1 aliphatic heterocycles. The number of hydrogen-bond acceptors (Lipinski definition) is 10. The molecule has 0 aliphatic carbocycles. The molecule has 3 aromatic carbocycles. The van der Waals surface area contributed by atoms with Crippen LogP contribution in [0.5, 0.6) is 0 Å². The Hall–Kier alpha value is -4.73. The maximum absolute atomic E-state index is 14.6. The Bertz CT molecular complexity index is 2040. The van der Waals surface area contributed by atoms with E-state index in [2.05, 4.69) is 0 Å². The number of carbonyl (C=O) groups excluding carboxylic acids is 4. The van der Waals surface area contributed by atoms with Gasteiger partial charge in [-0.15, -0.1) is 5.06 Å². The highest BCUT2D eigenvalue weighted by Crippen LogP contribution is 2.29. The van der Waals surface area contributed by atoms with Crippen molar-refractivity contribution in [2.45, 2.75) is 50.5 Å². The van der Waals surface area contributed by atoms with E-state index in [0.717, 1.165) is 5.56 Å². The fourth-order valence-electron chi connectivity index (χ4n) is 5.45. The molecular formula is C32H31N3O10S2. The van der Waals surface area contributed by atoms with Crippen molar-refractivity contribution in [3.63, 3.8) is 0 Å². The molecule has 4 aromatic rings. The molecule has 47 heavy (non-hydrogen) atoms. The lowest BCUT2D eigenvalue weighted by atomic mass is 10.0. The van der Waals surface area contributed by atoms with Crippen molar-refractivity contribution < 1.29 is 50.0 Å². The molecule has 2 heterocycles. The molecule has 0 N–H and O–H groups in total. The summed E-state index contributed by atoms with van der Waals surface area (Å²) in [6, 6.07) is 19.4. The summed E-state index contributed by atoms with van der Waals surface area (Å²) in [6.45, 7) is 1.47. The Morgan fingerprint density at radius 3 is 1.96 bits per heavy atom. The zero-order valence-corrected chi connectivity index (χ0v) is 27.0. The molecule has 0 spiro atoms. The number of aryl methyl sites for hydroxylation is 2. The first-order valence-corrected chi connectivity index (χ1v) is 17.8. The van der Waals surface area contributed by atoms with Gasteiger partial charge in [-0.25, -0.2) is 25.9 Å². The lowest BCUT2D eigenvalue weighted by Gasteiger charge is -2.24. The molecule has 1 saturated heterocycles. The minimum atomic E-state index is -4.48. The molecular weight excluding hydrogens is 650 g/mol. The first-order valence-electron chi connectivity index (χ1n) is 14.7. The van der Waals surface area contributed by atoms with Crippen molar-refractivity contribution in [2.75, 3.05) is 12.3 Å². The average Bonchev–Trinajstić information content (AvgIpc) is 3.34. The largest absolute Gasteiger partial charge is 0.748 e. The van der Waals surface area contributed by atoms with Gasteiger partial charge < -0.3 is 9.39 Å². The molecule has 0 saturated carbocycles. The van der Waals surface area contributed by atoms with E-state index in [9.17, 15) is 40.6 Å². The Kier molecular flexibility index (Phi) is 9.70. The van der Waals surface area contributed by atoms with Crippen molar-refractivity contribution in [2.24, 2.45) is 0 Å². The average molecular weight is 682 g/mol. The van der Waals surface area contributed by atoms with Crippen LogP contribution in [0.2, 0.25) is 0 Å². The Morgan fingerprint density at radius 1 is 0.851 bits per heavy atom. The fraction of sp³-hybridized carbons (Fsp3) is 0.281. The molecule has 1 fully saturated rings. The van der Waals surface area contributed by atoms with Crippen LogP contribution in [0.25, 0.3) is 21.8 Å². The van der Waals surface area contributed by atoms with E-state index in [1.165, 1.54) is 12.1 Å². The summed E-state index contributed by atoms with van der Waals surface area (Å²) in [4.78, 5) is 55.6. The third kappa shape index (κ3) is 7.32. The number of benzene rings is 3. The van der Waals surface area contributed by atoms with E-state index in [0.29, 0.717) is 31.2 Å². The summed E-state index contributed by atoms with van der Waals surface area (Å²) in [6.07, 6.45) is -0.738. The standard InChI is InChI=1S/C32H31N3O10S2/c1-22-13-15-23(16-14-22)47(43,44)34(20-6-12-30(38)45-35-28(36)17-18-29(35)37)32(39)31-24-8-2-4-10-26(24)33(19-7-21-46(40,41)42)27-11-5-3-9-25(27)31/h2-5,8-11,13-16H,6-7,12,17-21H2,1H3. The van der Waals surface area contributed by atoms with E-state index < -0.39 is 62.6 Å². The normalized spacial score (nSPS) is 13.8. The first-order chi connectivity index (χ1) is 22.3. The molecule has 15 heteroatoms. The molecule has 0 unspecified atom stereocenters. The summed E-state index contributed by atoms with van der Waals surface area (Å²) >= 11 is 0. The predicted octanol–water partition coefficient (Wildman–Crippen LogP) is 2.74. The van der Waals surface area contributed by atoms with Gasteiger partial charge in [0.25, 0.3) is 27.7 Å². The summed E-state index contributed by atoms with van der Waals surface area (Å²) in [7, 11) is -8.94. The zero-order chi connectivity index (χ0) is 33.9. The highest BCUT2D eigenvalue weighted by molar-refractivity contribution is 7.89. The number of carbonyl (C=O) groups is 4. The van der Waals surface area contributed by atoms with Gasteiger partial charge in [-0.1, -0.05) is 42.0 Å². The lowest BCUT2D eigenvalue weighted by Crippen LogP contribution is -2.41. The van der Waals surface area contributed by atoms with Crippen molar-refractivity contribution in [1.29, 1.82) is 0 Å². The van der Waals surface area contributed by atoms with Crippen molar-refractivity contribution in [3.05, 3.63) is 83.9 Å². The molecule has 1 aliphatic rings. The number of aromatic nitrogens is 1. The van der Waals surface area contributed by atoms with Crippen LogP contribution >= 0.6 is 0 Å². The molecule has 0 radical (unpaired) electrons. The Labute approximate surface area is 271 Å². The Morgan fingerprint density at radius 2 is 1.40 bits per heavy atom. The summed E-state index contributed by atoms with van der Waals surface area (Å²) < 4.78 is 64.5. The van der Waals surface area contributed by atoms with Gasteiger partial charge in [0.15, 0.2) is 6.54 Å².